The van der Waals surface area contributed by atoms with E-state index in [1.165, 1.54) is 6.07 Å². The number of hydrogen-bond acceptors (Lipinski definition) is 5. The van der Waals surface area contributed by atoms with Crippen LogP contribution in [0.5, 0.6) is 5.88 Å². The van der Waals surface area contributed by atoms with Gasteiger partial charge < -0.3 is 14.9 Å². The quantitative estimate of drug-likeness (QED) is 0.624. The topological polar surface area (TPSA) is 78.6 Å². The molecular formula is C17H15FN4O2. The molecule has 0 radical (unpaired) electrons. The van der Waals surface area contributed by atoms with E-state index in [1.807, 2.05) is 6.92 Å². The molecule has 6 nitrogen and oxygen atoms in total. The van der Waals surface area contributed by atoms with Gasteiger partial charge in [-0.05, 0) is 25.1 Å². The monoisotopic (exact) mass is 326 g/mol. The molecule has 1 atom stereocenters. The van der Waals surface area contributed by atoms with Crippen molar-refractivity contribution in [1.29, 1.82) is 0 Å². The second-order valence-corrected chi connectivity index (χ2v) is 5.52. The van der Waals surface area contributed by atoms with Crippen LogP contribution in [-0.4, -0.2) is 27.2 Å². The first kappa shape index (κ1) is 14.6. The van der Waals surface area contributed by atoms with Crippen LogP contribution >= 0.6 is 0 Å². The summed E-state index contributed by atoms with van der Waals surface area (Å²) in [5.74, 6) is 0.516. The van der Waals surface area contributed by atoms with Gasteiger partial charge in [0.15, 0.2) is 22.8 Å². The highest BCUT2D eigenvalue weighted by Crippen LogP contribution is 2.29. The molecular weight excluding hydrogens is 311 g/mol. The Morgan fingerprint density at radius 2 is 2.21 bits per heavy atom. The lowest BCUT2D eigenvalue weighted by Gasteiger charge is -2.11. The van der Waals surface area contributed by atoms with E-state index in [4.69, 9.17) is 14.9 Å². The molecule has 0 spiro atoms. The maximum absolute atomic E-state index is 13.8. The fourth-order valence-electron chi connectivity index (χ4n) is 2.50. The van der Waals surface area contributed by atoms with Crippen molar-refractivity contribution in [1.82, 2.24) is 14.6 Å². The second kappa shape index (κ2) is 5.61. The van der Waals surface area contributed by atoms with Crippen LogP contribution in [-0.2, 0) is 0 Å². The number of furan rings is 1. The van der Waals surface area contributed by atoms with E-state index in [0.717, 1.165) is 0 Å². The van der Waals surface area contributed by atoms with Crippen molar-refractivity contribution in [2.24, 2.45) is 5.73 Å². The Labute approximate surface area is 136 Å². The van der Waals surface area contributed by atoms with Gasteiger partial charge in [0.1, 0.15) is 11.8 Å². The number of para-hydroxylation sites is 1. The van der Waals surface area contributed by atoms with E-state index < -0.39 is 5.82 Å². The fraction of sp³-hybridized carbons (Fsp3) is 0.176. The van der Waals surface area contributed by atoms with Crippen LogP contribution in [0.2, 0.25) is 0 Å². The lowest BCUT2D eigenvalue weighted by molar-refractivity contribution is 0.217. The average molecular weight is 326 g/mol. The van der Waals surface area contributed by atoms with E-state index in [-0.39, 0.29) is 11.7 Å². The molecule has 122 valence electrons. The molecule has 2 N–H and O–H groups in total. The average Bonchev–Trinajstić information content (AvgIpc) is 3.18. The van der Waals surface area contributed by atoms with E-state index in [1.54, 1.807) is 41.0 Å². The number of fused-ring (bicyclic) bond motifs is 2. The van der Waals surface area contributed by atoms with Gasteiger partial charge in [-0.15, -0.1) is 5.10 Å². The number of nitrogens with two attached hydrogens (primary N) is 1. The number of nitrogens with zero attached hydrogens (tertiary/aromatic N) is 3. The second-order valence-electron chi connectivity index (χ2n) is 5.52. The maximum Gasteiger partial charge on any atom is 0.232 e. The molecule has 24 heavy (non-hydrogen) atoms. The summed E-state index contributed by atoms with van der Waals surface area (Å²) in [6.07, 6.45) is 1.48. The molecule has 3 heterocycles. The standard InChI is InChI=1S/C17H15FN4O2/c1-10(8-19)23-16-6-5-15-20-9-13(22(15)21-16)14-7-11-3-2-4-12(18)17(11)24-14/h2-7,9-10H,8,19H2,1H3. The van der Waals surface area contributed by atoms with Crippen molar-refractivity contribution >= 4 is 16.6 Å². The van der Waals surface area contributed by atoms with Crippen molar-refractivity contribution < 1.29 is 13.5 Å². The van der Waals surface area contributed by atoms with Gasteiger partial charge in [-0.3, -0.25) is 0 Å². The largest absolute Gasteiger partial charge is 0.472 e. The smallest absolute Gasteiger partial charge is 0.232 e. The highest BCUT2D eigenvalue weighted by Gasteiger charge is 2.15. The minimum atomic E-state index is -0.402. The fourth-order valence-corrected chi connectivity index (χ4v) is 2.50. The predicted octanol–water partition coefficient (Wildman–Crippen LogP) is 3.01. The number of rotatable bonds is 4. The number of ether oxygens (including phenoxy) is 1. The SMILES string of the molecule is CC(CN)Oc1ccc2ncc(-c3cc4cccc(F)c4o3)n2n1. The van der Waals surface area contributed by atoms with Crippen LogP contribution in [0.4, 0.5) is 4.39 Å². The minimum Gasteiger partial charge on any atom is -0.472 e. The Morgan fingerprint density at radius 1 is 1.33 bits per heavy atom. The first-order chi connectivity index (χ1) is 11.7. The first-order valence-corrected chi connectivity index (χ1v) is 7.55. The molecule has 7 heteroatoms. The lowest BCUT2D eigenvalue weighted by Crippen LogP contribution is -2.23. The molecule has 0 bridgehead atoms. The molecule has 0 amide bonds. The van der Waals surface area contributed by atoms with Gasteiger partial charge in [0.25, 0.3) is 0 Å². The van der Waals surface area contributed by atoms with Crippen molar-refractivity contribution in [2.45, 2.75) is 13.0 Å². The molecule has 0 aliphatic heterocycles. The highest BCUT2D eigenvalue weighted by molar-refractivity contribution is 5.82. The number of hydrogen-bond donors (Lipinski definition) is 1. The Hall–Kier alpha value is -2.93. The van der Waals surface area contributed by atoms with Crippen LogP contribution in [0.15, 0.2) is 47.0 Å². The van der Waals surface area contributed by atoms with Crippen molar-refractivity contribution in [3.8, 4) is 17.3 Å². The summed E-state index contributed by atoms with van der Waals surface area (Å²) in [5, 5.41) is 5.10. The van der Waals surface area contributed by atoms with Gasteiger partial charge in [0.05, 0.1) is 6.20 Å². The maximum atomic E-state index is 13.8. The predicted molar refractivity (Wildman–Crippen MR) is 87.3 cm³/mol. The zero-order chi connectivity index (χ0) is 16.7. The van der Waals surface area contributed by atoms with Crippen LogP contribution < -0.4 is 10.5 Å². The van der Waals surface area contributed by atoms with Gasteiger partial charge in [-0.25, -0.2) is 13.9 Å². The Balaban J connectivity index is 1.83. The van der Waals surface area contributed by atoms with Crippen LogP contribution in [0, 0.1) is 5.82 Å². The molecule has 0 aliphatic rings. The summed E-state index contributed by atoms with van der Waals surface area (Å²) >= 11 is 0. The molecule has 1 aromatic carbocycles. The third-order valence-corrected chi connectivity index (χ3v) is 3.74. The molecule has 0 saturated carbocycles. The summed E-state index contributed by atoms with van der Waals surface area (Å²) < 4.78 is 26.7. The zero-order valence-corrected chi connectivity index (χ0v) is 12.9. The van der Waals surface area contributed by atoms with E-state index in [2.05, 4.69) is 10.1 Å². The molecule has 4 rings (SSSR count). The van der Waals surface area contributed by atoms with Gasteiger partial charge >= 0.3 is 0 Å². The van der Waals surface area contributed by atoms with Crippen LogP contribution in [0.1, 0.15) is 6.92 Å². The molecule has 3 aromatic heterocycles. The van der Waals surface area contributed by atoms with E-state index in [0.29, 0.717) is 34.9 Å². The summed E-state index contributed by atoms with van der Waals surface area (Å²) in [7, 11) is 0. The van der Waals surface area contributed by atoms with Gasteiger partial charge in [-0.2, -0.15) is 0 Å². The van der Waals surface area contributed by atoms with Crippen molar-refractivity contribution in [3.05, 3.63) is 48.4 Å². The van der Waals surface area contributed by atoms with E-state index >= 15 is 0 Å². The highest BCUT2D eigenvalue weighted by atomic mass is 19.1. The van der Waals surface area contributed by atoms with Crippen molar-refractivity contribution in [2.75, 3.05) is 6.54 Å². The molecule has 0 saturated heterocycles. The van der Waals surface area contributed by atoms with Crippen LogP contribution in [0.3, 0.4) is 0 Å². The Kier molecular flexibility index (Phi) is 3.42. The number of benzene rings is 1. The van der Waals surface area contributed by atoms with Crippen molar-refractivity contribution in [3.63, 3.8) is 0 Å². The summed E-state index contributed by atoms with van der Waals surface area (Å²) in [6.45, 7) is 2.25. The van der Waals surface area contributed by atoms with E-state index in [9.17, 15) is 4.39 Å². The number of imidazole rings is 1. The normalized spacial score (nSPS) is 12.8. The summed E-state index contributed by atoms with van der Waals surface area (Å²) in [4.78, 5) is 4.29. The molecule has 0 aliphatic carbocycles. The third-order valence-electron chi connectivity index (χ3n) is 3.74. The third kappa shape index (κ3) is 2.39. The Bertz CT molecular complexity index is 1020. The van der Waals surface area contributed by atoms with Gasteiger partial charge in [0, 0.05) is 18.0 Å². The minimum absolute atomic E-state index is 0.151. The molecule has 0 fully saturated rings. The lowest BCUT2D eigenvalue weighted by atomic mass is 10.2. The Morgan fingerprint density at radius 3 is 3.00 bits per heavy atom. The molecule has 1 unspecified atom stereocenters. The summed E-state index contributed by atoms with van der Waals surface area (Å²) in [5.41, 5.74) is 7.04. The molecule has 4 aromatic rings. The number of aromatic nitrogens is 3. The first-order valence-electron chi connectivity index (χ1n) is 7.55. The number of halogens is 1. The van der Waals surface area contributed by atoms with Gasteiger partial charge in [0.2, 0.25) is 5.88 Å². The summed E-state index contributed by atoms with van der Waals surface area (Å²) in [6, 6.07) is 10.1. The van der Waals surface area contributed by atoms with Crippen LogP contribution in [0.25, 0.3) is 28.1 Å². The van der Waals surface area contributed by atoms with Gasteiger partial charge in [-0.1, -0.05) is 12.1 Å². The zero-order valence-electron chi connectivity index (χ0n) is 12.9.